The van der Waals surface area contributed by atoms with Crippen molar-refractivity contribution in [2.24, 2.45) is 22.8 Å². The number of carbonyl (C=O) groups excluding carboxylic acids is 4. The molecule has 0 aliphatic carbocycles. The third-order valence-corrected chi connectivity index (χ3v) is 17.8. The molecule has 0 fully saturated rings. The molecule has 12 rings (SSSR count). The van der Waals surface area contributed by atoms with Crippen molar-refractivity contribution in [1.82, 2.24) is 24.1 Å². The Hall–Kier alpha value is -11.1. The highest BCUT2D eigenvalue weighted by Gasteiger charge is 2.45. The maximum atomic E-state index is 13.5. The number of ketones is 1. The Bertz CT molecular complexity index is 4840. The number of nitrogens with one attached hydrogen (secondary N) is 2. The van der Waals surface area contributed by atoms with Gasteiger partial charge in [0.25, 0.3) is 17.0 Å². The SMILES string of the molecule is CCOC(=O)C1=NOC(c2ccccc2)(c2ccccc2)C1.CCc1cc(C)cc(CC)c1-c1c(OC(=O)C(C)(C)C)n2n(c1=O)CCOCC2.Cc1c(C(=O)c2c[nH]n(C)c2=O)ccc(S(C)(=O)=O)c1C1=NOCC1.O=C(Nc1ccc(F)cc1)c1cccc(Oc2cccc(C(F)(F)F)c2)n1. The Morgan fingerprint density at radius 3 is 1.91 bits per heavy atom. The number of H-pyrrole nitrogens is 1. The zero-order valence-electron chi connectivity index (χ0n) is 58.4. The number of benzene rings is 6. The van der Waals surface area contributed by atoms with E-state index in [4.69, 9.17) is 28.6 Å². The summed E-state index contributed by atoms with van der Waals surface area (Å²) in [5.74, 6) is -2.02. The summed E-state index contributed by atoms with van der Waals surface area (Å²) in [6.07, 6.45) is 0.348. The number of esters is 2. The van der Waals surface area contributed by atoms with Crippen molar-refractivity contribution in [2.45, 2.75) is 111 Å². The van der Waals surface area contributed by atoms with Crippen LogP contribution in [0.15, 0.2) is 183 Å². The van der Waals surface area contributed by atoms with E-state index in [2.05, 4.69) is 58.6 Å². The van der Waals surface area contributed by atoms with Gasteiger partial charge >= 0.3 is 18.1 Å². The van der Waals surface area contributed by atoms with Gasteiger partial charge in [-0.2, -0.15) is 13.2 Å². The Balaban J connectivity index is 0.000000160. The average molecular weight is 1440 g/mol. The van der Waals surface area contributed by atoms with E-state index >= 15 is 0 Å². The van der Waals surface area contributed by atoms with Crippen LogP contribution in [0.3, 0.4) is 0 Å². The number of rotatable bonds is 16. The van der Waals surface area contributed by atoms with Gasteiger partial charge < -0.3 is 39.0 Å². The van der Waals surface area contributed by atoms with Gasteiger partial charge in [0.2, 0.25) is 11.8 Å². The minimum atomic E-state index is -4.50. The molecule has 3 aliphatic rings. The third kappa shape index (κ3) is 18.0. The van der Waals surface area contributed by atoms with E-state index in [0.29, 0.717) is 92.0 Å². The molecule has 0 saturated heterocycles. The van der Waals surface area contributed by atoms with Gasteiger partial charge in [-0.05, 0) is 137 Å². The first-order valence-electron chi connectivity index (χ1n) is 33.0. The van der Waals surface area contributed by atoms with E-state index in [9.17, 15) is 54.7 Å². The molecule has 27 heteroatoms. The molecule has 1 amide bonds. The van der Waals surface area contributed by atoms with Crippen LogP contribution in [0.1, 0.15) is 125 Å². The summed E-state index contributed by atoms with van der Waals surface area (Å²) < 4.78 is 102. The maximum Gasteiger partial charge on any atom is 0.416 e. The van der Waals surface area contributed by atoms with Crippen LogP contribution in [0.5, 0.6) is 17.5 Å². The first-order chi connectivity index (χ1) is 49.0. The number of aromatic amines is 1. The predicted molar refractivity (Wildman–Crippen MR) is 378 cm³/mol. The lowest BCUT2D eigenvalue weighted by Gasteiger charge is -2.27. The van der Waals surface area contributed by atoms with Gasteiger partial charge in [0, 0.05) is 59.9 Å². The number of carbonyl (C=O) groups is 4. The number of oxime groups is 2. The number of halogens is 4. The molecule has 103 heavy (non-hydrogen) atoms. The molecule has 0 unspecified atom stereocenters. The summed E-state index contributed by atoms with van der Waals surface area (Å²) in [4.78, 5) is 90.2. The monoisotopic (exact) mass is 1430 g/mol. The number of alkyl halides is 3. The number of aryl methyl sites for hydroxylation is 4. The van der Waals surface area contributed by atoms with Gasteiger partial charge in [0.05, 0.1) is 60.9 Å². The van der Waals surface area contributed by atoms with Gasteiger partial charge in [0.15, 0.2) is 26.9 Å². The molecule has 22 nitrogen and oxygen atoms in total. The fraction of sp³-hybridized carbons (Fsp3) is 0.303. The molecular formula is C76H78F4N8O14S. The molecule has 540 valence electrons. The number of nitrogens with zero attached hydrogens (tertiary/aromatic N) is 6. The summed E-state index contributed by atoms with van der Waals surface area (Å²) in [7, 11) is -2.02. The molecule has 3 aromatic heterocycles. The molecule has 0 bridgehead atoms. The highest BCUT2D eigenvalue weighted by atomic mass is 32.2. The first kappa shape index (κ1) is 76.1. The second-order valence-corrected chi connectivity index (χ2v) is 27.1. The number of ether oxygens (including phenoxy) is 4. The summed E-state index contributed by atoms with van der Waals surface area (Å²) in [6, 6.07) is 40.5. The van der Waals surface area contributed by atoms with Crippen molar-refractivity contribution in [3.63, 3.8) is 0 Å². The van der Waals surface area contributed by atoms with Crippen LogP contribution < -0.4 is 25.9 Å². The van der Waals surface area contributed by atoms with Crippen molar-refractivity contribution in [1.29, 1.82) is 0 Å². The van der Waals surface area contributed by atoms with Gasteiger partial charge in [-0.25, -0.2) is 32.0 Å². The number of hydrogen-bond donors (Lipinski definition) is 2. The van der Waals surface area contributed by atoms with Crippen LogP contribution >= 0.6 is 0 Å². The topological polar surface area (TPSA) is 272 Å². The normalized spacial score (nSPS) is 13.8. The largest absolute Gasteiger partial charge is 0.461 e. The van der Waals surface area contributed by atoms with Gasteiger partial charge in [-0.1, -0.05) is 115 Å². The Kier molecular flexibility index (Phi) is 24.2. The number of pyridine rings is 1. The molecule has 0 saturated carbocycles. The number of aromatic nitrogens is 5. The van der Waals surface area contributed by atoms with Crippen LogP contribution in [-0.4, -0.2) is 100 Å². The molecule has 3 aliphatic heterocycles. The Morgan fingerprint density at radius 1 is 0.718 bits per heavy atom. The molecular weight excluding hydrogens is 1360 g/mol. The zero-order valence-corrected chi connectivity index (χ0v) is 59.2. The Labute approximate surface area is 591 Å². The van der Waals surface area contributed by atoms with Crippen molar-refractivity contribution < 1.29 is 73.8 Å². The second-order valence-electron chi connectivity index (χ2n) is 25.1. The summed E-state index contributed by atoms with van der Waals surface area (Å²) >= 11 is 0. The van der Waals surface area contributed by atoms with E-state index in [1.54, 1.807) is 23.2 Å². The summed E-state index contributed by atoms with van der Waals surface area (Å²) in [5, 5.41) is 13.1. The van der Waals surface area contributed by atoms with E-state index in [1.165, 1.54) is 90.2 Å². The number of amides is 1. The number of fused-ring (bicyclic) bond motifs is 1. The molecule has 0 radical (unpaired) electrons. The summed E-state index contributed by atoms with van der Waals surface area (Å²) in [6.45, 7) is 17.6. The fourth-order valence-electron chi connectivity index (χ4n) is 11.5. The lowest BCUT2D eigenvalue weighted by Crippen LogP contribution is -2.29. The molecule has 2 N–H and O–H groups in total. The molecule has 0 spiro atoms. The maximum absolute atomic E-state index is 13.5. The minimum Gasteiger partial charge on any atom is -0.461 e. The van der Waals surface area contributed by atoms with E-state index < -0.39 is 61.6 Å². The van der Waals surface area contributed by atoms with E-state index in [0.717, 1.165) is 59.0 Å². The van der Waals surface area contributed by atoms with Gasteiger partial charge in [-0.15, -0.1) is 0 Å². The third-order valence-electron chi connectivity index (χ3n) is 16.7. The quantitative estimate of drug-likeness (QED) is 0.0517. The van der Waals surface area contributed by atoms with Crippen LogP contribution in [0.2, 0.25) is 0 Å². The van der Waals surface area contributed by atoms with Crippen LogP contribution in [0.4, 0.5) is 23.2 Å². The zero-order chi connectivity index (χ0) is 74.6. The predicted octanol–water partition coefficient (Wildman–Crippen LogP) is 13.1. The van der Waals surface area contributed by atoms with E-state index in [-0.39, 0.29) is 44.9 Å². The minimum absolute atomic E-state index is 0.00623. The molecule has 9 aromatic rings. The molecule has 6 heterocycles. The van der Waals surface area contributed by atoms with Crippen molar-refractivity contribution >= 4 is 50.6 Å². The van der Waals surface area contributed by atoms with Crippen molar-refractivity contribution in [3.8, 4) is 28.6 Å². The van der Waals surface area contributed by atoms with Crippen molar-refractivity contribution in [2.75, 3.05) is 38.0 Å². The summed E-state index contributed by atoms with van der Waals surface area (Å²) in [5.41, 5.74) is 6.07. The first-order valence-corrected chi connectivity index (χ1v) is 34.9. The number of hydrogen-bond acceptors (Lipinski definition) is 17. The van der Waals surface area contributed by atoms with Crippen LogP contribution in [0, 0.1) is 25.1 Å². The van der Waals surface area contributed by atoms with Crippen LogP contribution in [-0.2, 0) is 83.3 Å². The lowest BCUT2D eigenvalue weighted by atomic mass is 9.82. The number of anilines is 1. The smallest absolute Gasteiger partial charge is 0.416 e. The number of sulfone groups is 1. The lowest BCUT2D eigenvalue weighted by molar-refractivity contribution is -0.143. The van der Waals surface area contributed by atoms with Crippen molar-refractivity contribution in [3.05, 3.63) is 246 Å². The van der Waals surface area contributed by atoms with Crippen LogP contribution in [0.25, 0.3) is 11.1 Å². The highest BCUT2D eigenvalue weighted by molar-refractivity contribution is 7.90. The highest BCUT2D eigenvalue weighted by Crippen LogP contribution is 2.42. The molecule has 6 aromatic carbocycles. The average Bonchev–Trinajstić information content (AvgIpc) is 1.64. The fourth-order valence-corrected chi connectivity index (χ4v) is 12.4. The Morgan fingerprint density at radius 2 is 1.35 bits per heavy atom. The molecule has 0 atom stereocenters. The second kappa shape index (κ2) is 32.7. The standard InChI is InChI=1S/C23H32N2O4.C19H12F4N2O2.C18H17NO3.C16H17N3O5S/c1-7-16-13-15(3)14-17(8-2)18(16)19-20(26)24-9-11-28-12-10-25(24)21(19)29-22(27)23(4,5)6;20-13-7-9-14(10-8-13)24-18(26)16-5-2-6-17(25-16)27-15-4-1-3-12(11-15)19(21,22)23;1-2-21-17(20)16-13-18(22-19-16,14-9-5-3-6-10-14)15-11-7-4-8-12-15;1-9-10(15(20)11-8-17-19(2)16(11)21)4-5-13(25(3,22)23)14(9)12-6-7-24-18-12/h13-14H,7-12H2,1-6H3;1-11H,(H,24,26);3-12H,2,13H2,1H3;4-5,8,17H,6-7H2,1-3H3. The van der Waals surface area contributed by atoms with Gasteiger partial charge in [-0.3, -0.25) is 28.7 Å². The van der Waals surface area contributed by atoms with Gasteiger partial charge in [0.1, 0.15) is 35.0 Å². The van der Waals surface area contributed by atoms with E-state index in [1.807, 2.05) is 81.4 Å².